The van der Waals surface area contributed by atoms with E-state index in [1.165, 1.54) is 4.31 Å². The van der Waals surface area contributed by atoms with Gasteiger partial charge in [-0.15, -0.1) is 0 Å². The highest BCUT2D eigenvalue weighted by atomic mass is 32.2. The Morgan fingerprint density at radius 2 is 1.76 bits per heavy atom. The number of hydrogen-bond donors (Lipinski definition) is 1. The molecule has 0 radical (unpaired) electrons. The average molecular weight is 332 g/mol. The molecule has 0 bridgehead atoms. The first-order chi connectivity index (χ1) is 9.68. The fraction of sp³-hybridized carbons (Fsp3) is 0.538. The molecule has 0 amide bonds. The molecule has 1 aliphatic rings. The maximum absolute atomic E-state index is 12.5. The zero-order valence-electron chi connectivity index (χ0n) is 12.1. The lowest BCUT2D eigenvalue weighted by molar-refractivity contribution is 0.309. The Bertz CT molecular complexity index is 705. The predicted octanol–water partition coefficient (Wildman–Crippen LogP) is 0.697. The van der Waals surface area contributed by atoms with Crippen LogP contribution in [0, 0.1) is 6.92 Å². The first kappa shape index (κ1) is 16.4. The quantitative estimate of drug-likeness (QED) is 0.879. The maximum atomic E-state index is 12.5. The van der Waals surface area contributed by atoms with E-state index >= 15 is 0 Å². The summed E-state index contributed by atoms with van der Waals surface area (Å²) >= 11 is 0. The molecule has 0 saturated carbocycles. The van der Waals surface area contributed by atoms with Crippen molar-refractivity contribution in [2.75, 3.05) is 19.3 Å². The third kappa shape index (κ3) is 4.26. The predicted molar refractivity (Wildman–Crippen MR) is 80.9 cm³/mol. The Kier molecular flexibility index (Phi) is 4.72. The molecule has 1 saturated heterocycles. The minimum absolute atomic E-state index is 0.191. The van der Waals surface area contributed by atoms with Crippen LogP contribution in [0.3, 0.4) is 0 Å². The second-order valence-electron chi connectivity index (χ2n) is 5.38. The number of nitrogens with one attached hydrogen (secondary N) is 1. The lowest BCUT2D eigenvalue weighted by Crippen LogP contribution is -2.46. The highest BCUT2D eigenvalue weighted by Crippen LogP contribution is 2.21. The Hall–Kier alpha value is -0.960. The van der Waals surface area contributed by atoms with Crippen LogP contribution in [0.4, 0.5) is 0 Å². The van der Waals surface area contributed by atoms with Gasteiger partial charge >= 0.3 is 0 Å². The molecule has 0 atom stereocenters. The first-order valence-corrected chi connectivity index (χ1v) is 10.1. The van der Waals surface area contributed by atoms with Crippen LogP contribution in [0.1, 0.15) is 18.4 Å². The van der Waals surface area contributed by atoms with E-state index in [0.717, 1.165) is 11.8 Å². The molecule has 0 unspecified atom stereocenters. The van der Waals surface area contributed by atoms with Gasteiger partial charge in [-0.25, -0.2) is 21.6 Å². The maximum Gasteiger partial charge on any atom is 0.243 e. The van der Waals surface area contributed by atoms with E-state index in [9.17, 15) is 16.8 Å². The minimum atomic E-state index is -3.50. The van der Waals surface area contributed by atoms with Crippen LogP contribution in [0.5, 0.6) is 0 Å². The molecular weight excluding hydrogens is 312 g/mol. The molecule has 0 spiro atoms. The summed E-state index contributed by atoms with van der Waals surface area (Å²) in [5, 5.41) is 0. The van der Waals surface area contributed by atoms with Crippen molar-refractivity contribution in [3.63, 3.8) is 0 Å². The number of rotatable bonds is 4. The smallest absolute Gasteiger partial charge is 0.213 e. The van der Waals surface area contributed by atoms with Gasteiger partial charge in [0.05, 0.1) is 11.2 Å². The molecule has 1 aromatic rings. The SMILES string of the molecule is Cc1cccc(S(=O)(=O)N2CCC(NS(C)(=O)=O)CC2)c1. The lowest BCUT2D eigenvalue weighted by atomic mass is 10.1. The highest BCUT2D eigenvalue weighted by molar-refractivity contribution is 7.89. The number of aryl methyl sites for hydroxylation is 1. The standard InChI is InChI=1S/C13H20N2O4S2/c1-11-4-3-5-13(10-11)21(18,19)15-8-6-12(7-9-15)14-20(2,16)17/h3-5,10,12,14H,6-9H2,1-2H3. The molecule has 1 heterocycles. The largest absolute Gasteiger partial charge is 0.243 e. The van der Waals surface area contributed by atoms with Gasteiger partial charge in [0.1, 0.15) is 0 Å². The zero-order valence-corrected chi connectivity index (χ0v) is 13.7. The monoisotopic (exact) mass is 332 g/mol. The van der Waals surface area contributed by atoms with Crippen LogP contribution < -0.4 is 4.72 Å². The van der Waals surface area contributed by atoms with Crippen molar-refractivity contribution >= 4 is 20.0 Å². The number of hydrogen-bond acceptors (Lipinski definition) is 4. The zero-order chi connectivity index (χ0) is 15.7. The minimum Gasteiger partial charge on any atom is -0.213 e. The van der Waals surface area contributed by atoms with Gasteiger partial charge in [-0.1, -0.05) is 12.1 Å². The van der Waals surface area contributed by atoms with Crippen molar-refractivity contribution < 1.29 is 16.8 Å². The Balaban J connectivity index is 2.08. The van der Waals surface area contributed by atoms with Crippen molar-refractivity contribution in [3.8, 4) is 0 Å². The van der Waals surface area contributed by atoms with E-state index in [1.807, 2.05) is 13.0 Å². The molecule has 0 aromatic heterocycles. The average Bonchev–Trinajstić information content (AvgIpc) is 2.37. The summed E-state index contributed by atoms with van der Waals surface area (Å²) < 4.78 is 51.4. The molecule has 1 N–H and O–H groups in total. The van der Waals surface area contributed by atoms with E-state index in [2.05, 4.69) is 4.72 Å². The second-order valence-corrected chi connectivity index (χ2v) is 9.10. The molecule has 21 heavy (non-hydrogen) atoms. The van der Waals surface area contributed by atoms with Crippen LogP contribution in [0.15, 0.2) is 29.2 Å². The molecule has 118 valence electrons. The summed E-state index contributed by atoms with van der Waals surface area (Å²) in [6, 6.07) is 6.62. The van der Waals surface area contributed by atoms with Crippen molar-refractivity contribution in [1.82, 2.24) is 9.03 Å². The van der Waals surface area contributed by atoms with Gasteiger partial charge in [0.25, 0.3) is 0 Å². The van der Waals surface area contributed by atoms with E-state index in [4.69, 9.17) is 0 Å². The molecule has 2 rings (SSSR count). The number of nitrogens with zero attached hydrogens (tertiary/aromatic N) is 1. The van der Waals surface area contributed by atoms with Crippen molar-refractivity contribution in [1.29, 1.82) is 0 Å². The number of sulfonamides is 2. The fourth-order valence-electron chi connectivity index (χ4n) is 2.44. The number of piperidine rings is 1. The van der Waals surface area contributed by atoms with Gasteiger partial charge in [0.15, 0.2) is 0 Å². The molecule has 1 aliphatic heterocycles. The molecule has 6 nitrogen and oxygen atoms in total. The normalized spacial score (nSPS) is 18.8. The first-order valence-electron chi connectivity index (χ1n) is 6.72. The van der Waals surface area contributed by atoms with E-state index < -0.39 is 20.0 Å². The Morgan fingerprint density at radius 1 is 1.14 bits per heavy atom. The molecule has 1 fully saturated rings. The summed E-state index contributed by atoms with van der Waals surface area (Å²) in [5.41, 5.74) is 0.893. The van der Waals surface area contributed by atoms with Gasteiger partial charge < -0.3 is 0 Å². The van der Waals surface area contributed by atoms with Gasteiger partial charge in [-0.3, -0.25) is 0 Å². The van der Waals surface area contributed by atoms with Crippen LogP contribution in [0.25, 0.3) is 0 Å². The third-order valence-corrected chi connectivity index (χ3v) is 6.12. The molecule has 1 aromatic carbocycles. The molecular formula is C13H20N2O4S2. The van der Waals surface area contributed by atoms with E-state index in [0.29, 0.717) is 25.9 Å². The van der Waals surface area contributed by atoms with Crippen molar-refractivity contribution in [2.24, 2.45) is 0 Å². The fourth-order valence-corrected chi connectivity index (χ4v) is 4.86. The lowest BCUT2D eigenvalue weighted by Gasteiger charge is -2.31. The van der Waals surface area contributed by atoms with Crippen LogP contribution in [-0.4, -0.2) is 46.5 Å². The summed E-state index contributed by atoms with van der Waals surface area (Å²) in [6.07, 6.45) is 2.08. The van der Waals surface area contributed by atoms with E-state index in [-0.39, 0.29) is 10.9 Å². The van der Waals surface area contributed by atoms with E-state index in [1.54, 1.807) is 18.2 Å². The third-order valence-electron chi connectivity index (χ3n) is 3.46. The van der Waals surface area contributed by atoms with Gasteiger partial charge in [0, 0.05) is 19.1 Å². The summed E-state index contributed by atoms with van der Waals surface area (Å²) in [4.78, 5) is 0.289. The van der Waals surface area contributed by atoms with Gasteiger partial charge in [-0.2, -0.15) is 4.31 Å². The van der Waals surface area contributed by atoms with Crippen molar-refractivity contribution in [2.45, 2.75) is 30.7 Å². The van der Waals surface area contributed by atoms with Crippen molar-refractivity contribution in [3.05, 3.63) is 29.8 Å². The Morgan fingerprint density at radius 3 is 2.29 bits per heavy atom. The van der Waals surface area contributed by atoms with Gasteiger partial charge in [0.2, 0.25) is 20.0 Å². The molecule has 0 aliphatic carbocycles. The number of benzene rings is 1. The van der Waals surface area contributed by atoms with Gasteiger partial charge in [-0.05, 0) is 37.5 Å². The summed E-state index contributed by atoms with van der Waals surface area (Å²) in [5.74, 6) is 0. The second kappa shape index (κ2) is 6.04. The van der Waals surface area contributed by atoms with Crippen LogP contribution in [-0.2, 0) is 20.0 Å². The Labute approximate surface area is 126 Å². The topological polar surface area (TPSA) is 83.6 Å². The highest BCUT2D eigenvalue weighted by Gasteiger charge is 2.30. The van der Waals surface area contributed by atoms with Crippen LogP contribution in [0.2, 0.25) is 0 Å². The van der Waals surface area contributed by atoms with Crippen LogP contribution >= 0.6 is 0 Å². The molecule has 8 heteroatoms. The summed E-state index contributed by atoms with van der Waals surface area (Å²) in [7, 11) is -6.75. The summed E-state index contributed by atoms with van der Waals surface area (Å²) in [6.45, 7) is 2.49.